The van der Waals surface area contributed by atoms with Crippen molar-refractivity contribution in [2.75, 3.05) is 13.7 Å². The fraction of sp³-hybridized carbons (Fsp3) is 0.520. The number of aromatic nitrogens is 1. The first-order valence-electron chi connectivity index (χ1n) is 11.2. The summed E-state index contributed by atoms with van der Waals surface area (Å²) in [6, 6.07) is 7.83. The molecule has 1 aromatic heterocycles. The fourth-order valence-corrected chi connectivity index (χ4v) is 4.28. The van der Waals surface area contributed by atoms with Crippen LogP contribution in [0.15, 0.2) is 24.3 Å². The average Bonchev–Trinajstić information content (AvgIpc) is 3.08. The minimum Gasteiger partial charge on any atom is -0.497 e. The van der Waals surface area contributed by atoms with E-state index in [0.717, 1.165) is 53.8 Å². The third-order valence-electron chi connectivity index (χ3n) is 6.29. The smallest absolute Gasteiger partial charge is 0.355 e. The van der Waals surface area contributed by atoms with Gasteiger partial charge < -0.3 is 19.4 Å². The van der Waals surface area contributed by atoms with Crippen molar-refractivity contribution in [1.29, 1.82) is 0 Å². The van der Waals surface area contributed by atoms with Crippen molar-refractivity contribution >= 4 is 11.9 Å². The highest BCUT2D eigenvalue weighted by atomic mass is 16.5. The first kappa shape index (κ1) is 22.9. The number of methoxy groups -OCH3 is 1. The maximum Gasteiger partial charge on any atom is 0.355 e. The van der Waals surface area contributed by atoms with Crippen molar-refractivity contribution < 1.29 is 19.1 Å². The predicted molar refractivity (Wildman–Crippen MR) is 120 cm³/mol. The van der Waals surface area contributed by atoms with E-state index < -0.39 is 0 Å². The summed E-state index contributed by atoms with van der Waals surface area (Å²) in [6.45, 7) is 6.98. The number of ether oxygens (including phenoxy) is 2. The van der Waals surface area contributed by atoms with Gasteiger partial charge in [-0.1, -0.05) is 31.4 Å². The quantitative estimate of drug-likeness (QED) is 0.608. The van der Waals surface area contributed by atoms with E-state index in [1.54, 1.807) is 14.0 Å². The van der Waals surface area contributed by atoms with Gasteiger partial charge >= 0.3 is 5.97 Å². The van der Waals surface area contributed by atoms with Gasteiger partial charge in [-0.15, -0.1) is 0 Å². The van der Waals surface area contributed by atoms with E-state index in [0.29, 0.717) is 25.4 Å². The van der Waals surface area contributed by atoms with Crippen molar-refractivity contribution in [3.05, 3.63) is 52.3 Å². The highest BCUT2D eigenvalue weighted by Gasteiger charge is 2.28. The maximum absolute atomic E-state index is 13.5. The van der Waals surface area contributed by atoms with Crippen LogP contribution in [0, 0.1) is 19.8 Å². The second kappa shape index (κ2) is 10.5. The lowest BCUT2D eigenvalue weighted by molar-refractivity contribution is -0.138. The van der Waals surface area contributed by atoms with Gasteiger partial charge in [0.05, 0.1) is 20.3 Å². The summed E-state index contributed by atoms with van der Waals surface area (Å²) in [7, 11) is 1.64. The summed E-state index contributed by atoms with van der Waals surface area (Å²) in [5, 5.41) is 0. The summed E-state index contributed by atoms with van der Waals surface area (Å²) < 4.78 is 10.4. The number of nitrogens with one attached hydrogen (secondary N) is 1. The van der Waals surface area contributed by atoms with Crippen LogP contribution in [0.25, 0.3) is 0 Å². The van der Waals surface area contributed by atoms with Gasteiger partial charge in [-0.3, -0.25) is 4.79 Å². The minimum atomic E-state index is -0.352. The summed E-state index contributed by atoms with van der Waals surface area (Å²) in [5.74, 6) is 0.714. The van der Waals surface area contributed by atoms with Crippen LogP contribution in [0.3, 0.4) is 0 Å². The number of hydrogen-bond acceptors (Lipinski definition) is 4. The molecule has 1 heterocycles. The normalized spacial score (nSPS) is 14.3. The Balaban J connectivity index is 1.85. The molecule has 0 bridgehead atoms. The second-order valence-corrected chi connectivity index (χ2v) is 8.33. The van der Waals surface area contributed by atoms with Crippen molar-refractivity contribution in [1.82, 2.24) is 9.88 Å². The first-order valence-corrected chi connectivity index (χ1v) is 11.2. The van der Waals surface area contributed by atoms with E-state index in [-0.39, 0.29) is 17.8 Å². The lowest BCUT2D eigenvalue weighted by Crippen LogP contribution is -2.36. The molecule has 3 rings (SSSR count). The Kier molecular flexibility index (Phi) is 7.77. The van der Waals surface area contributed by atoms with Crippen LogP contribution < -0.4 is 4.74 Å². The summed E-state index contributed by atoms with van der Waals surface area (Å²) in [5.41, 5.74) is 4.29. The Bertz CT molecular complexity index is 895. The van der Waals surface area contributed by atoms with Gasteiger partial charge in [-0.25, -0.2) is 4.79 Å². The molecule has 1 aliphatic carbocycles. The number of aromatic amines is 1. The van der Waals surface area contributed by atoms with Gasteiger partial charge in [0.25, 0.3) is 0 Å². The van der Waals surface area contributed by atoms with E-state index in [9.17, 15) is 9.59 Å². The predicted octanol–water partition coefficient (Wildman–Crippen LogP) is 4.93. The molecule has 6 nitrogen and oxygen atoms in total. The molecular weight excluding hydrogens is 392 g/mol. The van der Waals surface area contributed by atoms with Crippen LogP contribution in [0.4, 0.5) is 0 Å². The lowest BCUT2D eigenvalue weighted by Gasteiger charge is -2.29. The molecular formula is C25H34N2O4. The van der Waals surface area contributed by atoms with E-state index in [4.69, 9.17) is 9.47 Å². The van der Waals surface area contributed by atoms with Crippen LogP contribution in [-0.2, 0) is 22.6 Å². The molecule has 168 valence electrons. The third kappa shape index (κ3) is 5.49. The highest BCUT2D eigenvalue weighted by molar-refractivity contribution is 5.89. The Hall–Kier alpha value is -2.76. The molecule has 0 spiro atoms. The van der Waals surface area contributed by atoms with Crippen molar-refractivity contribution in [2.45, 2.75) is 66.0 Å². The number of nitrogens with zero attached hydrogens (tertiary/aromatic N) is 1. The molecule has 2 aromatic rings. The molecule has 1 N–H and O–H groups in total. The molecule has 1 aliphatic rings. The summed E-state index contributed by atoms with van der Waals surface area (Å²) in [6.07, 6.45) is 5.34. The van der Waals surface area contributed by atoms with Crippen LogP contribution in [0.2, 0.25) is 0 Å². The van der Waals surface area contributed by atoms with Crippen LogP contribution in [0.1, 0.15) is 71.9 Å². The van der Waals surface area contributed by atoms with E-state index in [1.165, 1.54) is 6.42 Å². The molecule has 0 aliphatic heterocycles. The maximum atomic E-state index is 13.5. The number of rotatable bonds is 8. The topological polar surface area (TPSA) is 71.6 Å². The monoisotopic (exact) mass is 426 g/mol. The van der Waals surface area contributed by atoms with Crippen LogP contribution >= 0.6 is 0 Å². The molecule has 31 heavy (non-hydrogen) atoms. The molecule has 0 saturated heterocycles. The molecule has 0 atom stereocenters. The van der Waals surface area contributed by atoms with Gasteiger partial charge in [-0.2, -0.15) is 0 Å². The zero-order chi connectivity index (χ0) is 22.4. The SMILES string of the molecule is CCOC(=O)c1[nH]c(CN(Cc2ccc(OC)cc2)C(=O)C2CCCCC2)c(C)c1C. The van der Waals surface area contributed by atoms with Gasteiger partial charge in [0.2, 0.25) is 5.91 Å². The lowest BCUT2D eigenvalue weighted by atomic mass is 9.88. The zero-order valence-corrected chi connectivity index (χ0v) is 19.1. The molecule has 1 amide bonds. The second-order valence-electron chi connectivity index (χ2n) is 8.33. The Labute approximate surface area is 184 Å². The van der Waals surface area contributed by atoms with Gasteiger partial charge in [-0.05, 0) is 62.4 Å². The van der Waals surface area contributed by atoms with Gasteiger partial charge in [0, 0.05) is 18.2 Å². The van der Waals surface area contributed by atoms with E-state index in [1.807, 2.05) is 43.0 Å². The fourth-order valence-electron chi connectivity index (χ4n) is 4.28. The number of carbonyl (C=O) groups excluding carboxylic acids is 2. The Morgan fingerprint density at radius 1 is 1.03 bits per heavy atom. The average molecular weight is 427 g/mol. The molecule has 0 radical (unpaired) electrons. The Morgan fingerprint density at radius 2 is 1.71 bits per heavy atom. The molecule has 6 heteroatoms. The van der Waals surface area contributed by atoms with Crippen LogP contribution in [0.5, 0.6) is 5.75 Å². The van der Waals surface area contributed by atoms with E-state index in [2.05, 4.69) is 4.98 Å². The van der Waals surface area contributed by atoms with Crippen molar-refractivity contribution in [3.63, 3.8) is 0 Å². The largest absolute Gasteiger partial charge is 0.497 e. The molecule has 1 saturated carbocycles. The van der Waals surface area contributed by atoms with Crippen molar-refractivity contribution in [3.8, 4) is 5.75 Å². The minimum absolute atomic E-state index is 0.0768. The summed E-state index contributed by atoms with van der Waals surface area (Å²) >= 11 is 0. The standard InChI is InChI=1S/C25H34N2O4/c1-5-31-25(29)23-18(3)17(2)22(26-23)16-27(24(28)20-9-7-6-8-10-20)15-19-11-13-21(30-4)14-12-19/h11-14,20,26H,5-10,15-16H2,1-4H3. The molecule has 0 unspecified atom stereocenters. The number of hydrogen-bond donors (Lipinski definition) is 1. The number of benzene rings is 1. The van der Waals surface area contributed by atoms with Crippen molar-refractivity contribution in [2.24, 2.45) is 5.92 Å². The van der Waals surface area contributed by atoms with Crippen LogP contribution in [-0.4, -0.2) is 35.5 Å². The number of carbonyl (C=O) groups is 2. The first-order chi connectivity index (χ1) is 14.9. The summed E-state index contributed by atoms with van der Waals surface area (Å²) in [4.78, 5) is 30.9. The number of esters is 1. The molecule has 1 fully saturated rings. The van der Waals surface area contributed by atoms with Gasteiger partial charge in [0.15, 0.2) is 0 Å². The highest BCUT2D eigenvalue weighted by Crippen LogP contribution is 2.28. The third-order valence-corrected chi connectivity index (χ3v) is 6.29. The Morgan fingerprint density at radius 3 is 2.32 bits per heavy atom. The number of H-pyrrole nitrogens is 1. The zero-order valence-electron chi connectivity index (χ0n) is 19.1. The van der Waals surface area contributed by atoms with E-state index >= 15 is 0 Å². The molecule has 1 aromatic carbocycles. The number of amides is 1. The van der Waals surface area contributed by atoms with Gasteiger partial charge in [0.1, 0.15) is 11.4 Å².